The van der Waals surface area contributed by atoms with E-state index in [4.69, 9.17) is 0 Å². The number of aliphatic hydroxyl groups excluding tert-OH is 1. The highest BCUT2D eigenvalue weighted by Crippen LogP contribution is 2.23. The molecule has 1 saturated carbocycles. The number of hydrogen-bond donors (Lipinski definition) is 3. The molecule has 3 N–H and O–H groups in total. The Kier molecular flexibility index (Phi) is 6.16. The normalized spacial score (nSPS) is 20.8. The summed E-state index contributed by atoms with van der Waals surface area (Å²) >= 11 is 0. The van der Waals surface area contributed by atoms with E-state index < -0.39 is 0 Å². The Morgan fingerprint density at radius 1 is 1.17 bits per heavy atom. The van der Waals surface area contributed by atoms with E-state index in [0.717, 1.165) is 36.8 Å². The van der Waals surface area contributed by atoms with Crippen molar-refractivity contribution in [2.45, 2.75) is 45.6 Å². The Morgan fingerprint density at radius 2 is 1.91 bits per heavy atom. The second-order valence-corrected chi connectivity index (χ2v) is 6.38. The molecule has 1 aromatic rings. The number of hydrogen-bond acceptors (Lipinski definition) is 3. The van der Waals surface area contributed by atoms with Crippen LogP contribution < -0.4 is 10.6 Å². The van der Waals surface area contributed by atoms with Gasteiger partial charge in [-0.2, -0.15) is 0 Å². The van der Waals surface area contributed by atoms with Gasteiger partial charge >= 0.3 is 0 Å². The van der Waals surface area contributed by atoms with Crippen molar-refractivity contribution in [1.82, 2.24) is 10.6 Å². The zero-order valence-corrected chi connectivity index (χ0v) is 13.9. The number of amides is 2. The molecular weight excluding hydrogens is 292 g/mol. The van der Waals surface area contributed by atoms with Gasteiger partial charge < -0.3 is 15.7 Å². The molecule has 2 amide bonds. The maximum absolute atomic E-state index is 12.1. The molecule has 0 bridgehead atoms. The molecule has 5 heteroatoms. The first-order chi connectivity index (χ1) is 11.0. The van der Waals surface area contributed by atoms with Crippen molar-refractivity contribution >= 4 is 11.8 Å². The van der Waals surface area contributed by atoms with E-state index in [1.807, 2.05) is 26.0 Å². The van der Waals surface area contributed by atoms with Crippen LogP contribution in [0.25, 0.3) is 0 Å². The van der Waals surface area contributed by atoms with Crippen LogP contribution in [0.5, 0.6) is 0 Å². The zero-order valence-electron chi connectivity index (χ0n) is 13.9. The topological polar surface area (TPSA) is 78.4 Å². The molecule has 0 radical (unpaired) electrons. The summed E-state index contributed by atoms with van der Waals surface area (Å²) in [6, 6.07) is 5.50. The minimum Gasteiger partial charge on any atom is -0.396 e. The number of benzene rings is 1. The molecule has 0 heterocycles. The predicted octanol–water partition coefficient (Wildman–Crippen LogP) is 1.70. The monoisotopic (exact) mass is 318 g/mol. The van der Waals surface area contributed by atoms with Crippen molar-refractivity contribution < 1.29 is 14.7 Å². The molecule has 1 aliphatic rings. The van der Waals surface area contributed by atoms with Gasteiger partial charge in [0, 0.05) is 24.1 Å². The number of aryl methyl sites for hydroxylation is 2. The second kappa shape index (κ2) is 8.11. The van der Waals surface area contributed by atoms with E-state index in [-0.39, 0.29) is 36.9 Å². The Bertz CT molecular complexity index is 571. The molecule has 126 valence electrons. The summed E-state index contributed by atoms with van der Waals surface area (Å²) in [5.41, 5.74) is 2.74. The van der Waals surface area contributed by atoms with Gasteiger partial charge in [-0.05, 0) is 49.9 Å². The summed E-state index contributed by atoms with van der Waals surface area (Å²) in [5.74, 6) is -0.318. The lowest BCUT2D eigenvalue weighted by Gasteiger charge is -2.30. The van der Waals surface area contributed by atoms with E-state index in [1.54, 1.807) is 6.07 Å². The maximum atomic E-state index is 12.1. The fourth-order valence-electron chi connectivity index (χ4n) is 3.02. The molecule has 2 atom stereocenters. The summed E-state index contributed by atoms with van der Waals surface area (Å²) in [6.45, 7) is 4.00. The third kappa shape index (κ3) is 4.79. The van der Waals surface area contributed by atoms with Gasteiger partial charge in [0.25, 0.3) is 5.91 Å². The fourth-order valence-corrected chi connectivity index (χ4v) is 3.02. The van der Waals surface area contributed by atoms with Crippen LogP contribution in [0.3, 0.4) is 0 Å². The molecule has 23 heavy (non-hydrogen) atoms. The molecule has 2 rings (SSSR count). The first kappa shape index (κ1) is 17.5. The zero-order chi connectivity index (χ0) is 16.8. The van der Waals surface area contributed by atoms with Crippen LogP contribution in [0.15, 0.2) is 18.2 Å². The number of nitrogens with one attached hydrogen (secondary N) is 2. The lowest BCUT2D eigenvalue weighted by molar-refractivity contribution is -0.121. The van der Waals surface area contributed by atoms with E-state index in [0.29, 0.717) is 5.56 Å². The molecule has 2 unspecified atom stereocenters. The fraction of sp³-hybridized carbons (Fsp3) is 0.556. The Hall–Kier alpha value is -1.88. The van der Waals surface area contributed by atoms with E-state index in [1.165, 1.54) is 0 Å². The van der Waals surface area contributed by atoms with Crippen molar-refractivity contribution in [2.75, 3.05) is 13.2 Å². The summed E-state index contributed by atoms with van der Waals surface area (Å²) in [5, 5.41) is 15.0. The van der Waals surface area contributed by atoms with Crippen molar-refractivity contribution in [3.8, 4) is 0 Å². The van der Waals surface area contributed by atoms with E-state index in [9.17, 15) is 14.7 Å². The largest absolute Gasteiger partial charge is 0.396 e. The van der Waals surface area contributed by atoms with Crippen LogP contribution in [-0.4, -0.2) is 36.1 Å². The highest BCUT2D eigenvalue weighted by Gasteiger charge is 2.25. The summed E-state index contributed by atoms with van der Waals surface area (Å²) in [6.07, 6.45) is 4.00. The molecule has 1 fully saturated rings. The lowest BCUT2D eigenvalue weighted by atomic mass is 9.85. The number of rotatable bonds is 5. The molecule has 0 aromatic heterocycles. The van der Waals surface area contributed by atoms with Crippen molar-refractivity contribution in [1.29, 1.82) is 0 Å². The van der Waals surface area contributed by atoms with E-state index in [2.05, 4.69) is 10.6 Å². The first-order valence-corrected chi connectivity index (χ1v) is 8.27. The van der Waals surface area contributed by atoms with Gasteiger partial charge in [0.05, 0.1) is 6.54 Å². The van der Waals surface area contributed by atoms with Gasteiger partial charge in [0.2, 0.25) is 5.91 Å². The van der Waals surface area contributed by atoms with Gasteiger partial charge in [-0.1, -0.05) is 18.9 Å². The van der Waals surface area contributed by atoms with Crippen LogP contribution in [0.2, 0.25) is 0 Å². The third-order valence-corrected chi connectivity index (χ3v) is 4.67. The maximum Gasteiger partial charge on any atom is 0.251 e. The molecule has 0 spiro atoms. The van der Waals surface area contributed by atoms with Crippen LogP contribution in [-0.2, 0) is 4.79 Å². The van der Waals surface area contributed by atoms with E-state index >= 15 is 0 Å². The summed E-state index contributed by atoms with van der Waals surface area (Å²) < 4.78 is 0. The smallest absolute Gasteiger partial charge is 0.251 e. The molecule has 5 nitrogen and oxygen atoms in total. The van der Waals surface area contributed by atoms with Gasteiger partial charge in [-0.25, -0.2) is 0 Å². The Morgan fingerprint density at radius 3 is 2.61 bits per heavy atom. The second-order valence-electron chi connectivity index (χ2n) is 6.38. The molecule has 1 aromatic carbocycles. The van der Waals surface area contributed by atoms with Crippen LogP contribution in [0.1, 0.15) is 47.2 Å². The number of aliphatic hydroxyl groups is 1. The average Bonchev–Trinajstić information content (AvgIpc) is 2.55. The van der Waals surface area contributed by atoms with Crippen molar-refractivity contribution in [3.05, 3.63) is 34.9 Å². The third-order valence-electron chi connectivity index (χ3n) is 4.67. The van der Waals surface area contributed by atoms with Crippen LogP contribution in [0, 0.1) is 19.8 Å². The molecule has 0 aliphatic heterocycles. The Balaban J connectivity index is 1.83. The van der Waals surface area contributed by atoms with Gasteiger partial charge in [-0.3, -0.25) is 9.59 Å². The van der Waals surface area contributed by atoms with Gasteiger partial charge in [0.1, 0.15) is 0 Å². The average molecular weight is 318 g/mol. The van der Waals surface area contributed by atoms with Crippen molar-refractivity contribution in [3.63, 3.8) is 0 Å². The molecule has 1 aliphatic carbocycles. The predicted molar refractivity (Wildman–Crippen MR) is 89.2 cm³/mol. The molecular formula is C18H26N2O3. The SMILES string of the molecule is Cc1ccc(C(=O)NCC(=O)NC2CCCCC2CO)cc1C. The van der Waals surface area contributed by atoms with Crippen molar-refractivity contribution in [2.24, 2.45) is 5.92 Å². The van der Waals surface area contributed by atoms with Crippen LogP contribution in [0.4, 0.5) is 0 Å². The summed E-state index contributed by atoms with van der Waals surface area (Å²) in [4.78, 5) is 24.1. The first-order valence-electron chi connectivity index (χ1n) is 8.27. The summed E-state index contributed by atoms with van der Waals surface area (Å²) in [7, 11) is 0. The van der Waals surface area contributed by atoms with Crippen LogP contribution >= 0.6 is 0 Å². The number of carbonyl (C=O) groups excluding carboxylic acids is 2. The van der Waals surface area contributed by atoms with Gasteiger partial charge in [0.15, 0.2) is 0 Å². The quantitative estimate of drug-likeness (QED) is 0.773. The number of carbonyl (C=O) groups is 2. The lowest BCUT2D eigenvalue weighted by Crippen LogP contribution is -2.47. The highest BCUT2D eigenvalue weighted by molar-refractivity contribution is 5.96. The minimum atomic E-state index is -0.245. The highest BCUT2D eigenvalue weighted by atomic mass is 16.3. The van der Waals surface area contributed by atoms with Gasteiger partial charge in [-0.15, -0.1) is 0 Å². The molecule has 0 saturated heterocycles. The Labute approximate surface area is 137 Å². The standard InChI is InChI=1S/C18H26N2O3/c1-12-7-8-14(9-13(12)2)18(23)19-10-17(22)20-16-6-4-3-5-15(16)11-21/h7-9,15-16,21H,3-6,10-11H2,1-2H3,(H,19,23)(H,20,22). The minimum absolute atomic E-state index is 0.0137.